The summed E-state index contributed by atoms with van der Waals surface area (Å²) in [6.45, 7) is 5.16. The van der Waals surface area contributed by atoms with Gasteiger partial charge in [-0.25, -0.2) is 0 Å². The van der Waals surface area contributed by atoms with E-state index in [2.05, 4.69) is 11.1 Å². The van der Waals surface area contributed by atoms with E-state index in [1.165, 1.54) is 0 Å². The molecular weight excluding hydrogens is 320 g/mol. The number of benzene rings is 1. The summed E-state index contributed by atoms with van der Waals surface area (Å²) in [6, 6.07) is 6.34. The lowest BCUT2D eigenvalue weighted by Crippen LogP contribution is -2.57. The van der Waals surface area contributed by atoms with Gasteiger partial charge >= 0.3 is 0 Å². The first-order chi connectivity index (χ1) is 11.7. The molecule has 130 valence electrons. The molecule has 0 radical (unpaired) electrons. The summed E-state index contributed by atoms with van der Waals surface area (Å²) in [7, 11) is 0. The standard InChI is InChI=1S/C19H20N2O4/c1-18(2)19(3,24)17(21-14-5-6-15(23)13(14)10-22)12-8-11(9-20)4-7-16(12)25-18/h4,7-8,10,17,22,24H,5-6H2,1-3H3. The quantitative estimate of drug-likeness (QED) is 0.604. The lowest BCUT2D eigenvalue weighted by Gasteiger charge is -2.48. The molecule has 1 fully saturated rings. The van der Waals surface area contributed by atoms with Crippen LogP contribution in [0.3, 0.4) is 0 Å². The summed E-state index contributed by atoms with van der Waals surface area (Å²) in [4.78, 5) is 16.5. The Balaban J connectivity index is 2.20. The lowest BCUT2D eigenvalue weighted by atomic mass is 9.75. The summed E-state index contributed by atoms with van der Waals surface area (Å²) < 4.78 is 5.94. The molecule has 1 saturated carbocycles. The summed E-state index contributed by atoms with van der Waals surface area (Å²) in [6.07, 6.45) is 1.47. The third-order valence-electron chi connectivity index (χ3n) is 5.16. The molecule has 1 aliphatic carbocycles. The number of nitriles is 1. The van der Waals surface area contributed by atoms with E-state index in [0.717, 1.165) is 6.26 Å². The number of ketones is 1. The maximum absolute atomic E-state index is 11.9. The van der Waals surface area contributed by atoms with Crippen LogP contribution < -0.4 is 4.74 Å². The van der Waals surface area contributed by atoms with Gasteiger partial charge in [0.1, 0.15) is 23.0 Å². The lowest BCUT2D eigenvalue weighted by molar-refractivity contribution is -0.131. The van der Waals surface area contributed by atoms with Crippen LogP contribution in [0.15, 0.2) is 35.0 Å². The molecule has 0 saturated heterocycles. The van der Waals surface area contributed by atoms with Crippen molar-refractivity contribution in [3.05, 3.63) is 41.2 Å². The number of rotatable bonds is 1. The monoisotopic (exact) mass is 340 g/mol. The Morgan fingerprint density at radius 2 is 2.08 bits per heavy atom. The third kappa shape index (κ3) is 2.61. The second-order valence-corrected chi connectivity index (χ2v) is 7.07. The number of ether oxygens (including phenoxy) is 1. The molecule has 1 aliphatic heterocycles. The molecule has 2 atom stereocenters. The van der Waals surface area contributed by atoms with Crippen molar-refractivity contribution in [3.63, 3.8) is 0 Å². The molecule has 2 N–H and O–H groups in total. The van der Waals surface area contributed by atoms with Crippen LogP contribution >= 0.6 is 0 Å². The minimum atomic E-state index is -1.38. The predicted molar refractivity (Wildman–Crippen MR) is 91.6 cm³/mol. The SMILES string of the molecule is CC1(C)Oc2ccc(C#N)cc2C(N=C2CCC(=O)C2=CO)C1(C)O. The van der Waals surface area contributed by atoms with Gasteiger partial charge in [0.05, 0.1) is 29.2 Å². The number of Topliss-reactive ketones (excluding diaryl/α,β-unsaturated/α-hetero) is 1. The van der Waals surface area contributed by atoms with Gasteiger partial charge in [-0.1, -0.05) is 0 Å². The first-order valence-corrected chi connectivity index (χ1v) is 8.11. The van der Waals surface area contributed by atoms with Crippen molar-refractivity contribution in [2.45, 2.75) is 50.9 Å². The zero-order valence-corrected chi connectivity index (χ0v) is 14.4. The highest BCUT2D eigenvalue weighted by Gasteiger charge is 2.53. The van der Waals surface area contributed by atoms with E-state index >= 15 is 0 Å². The zero-order valence-electron chi connectivity index (χ0n) is 14.4. The van der Waals surface area contributed by atoms with Crippen molar-refractivity contribution >= 4 is 11.5 Å². The fourth-order valence-electron chi connectivity index (χ4n) is 3.23. The van der Waals surface area contributed by atoms with Crippen molar-refractivity contribution in [2.75, 3.05) is 0 Å². The first kappa shape index (κ1) is 17.2. The van der Waals surface area contributed by atoms with E-state index in [4.69, 9.17) is 4.74 Å². The Morgan fingerprint density at radius 1 is 1.36 bits per heavy atom. The Kier molecular flexibility index (Phi) is 3.92. The molecule has 0 bridgehead atoms. The minimum absolute atomic E-state index is 0.168. The molecule has 0 aromatic heterocycles. The van der Waals surface area contributed by atoms with Crippen molar-refractivity contribution < 1.29 is 19.7 Å². The van der Waals surface area contributed by atoms with E-state index in [1.807, 2.05) is 0 Å². The van der Waals surface area contributed by atoms with Gasteiger partial charge in [-0.15, -0.1) is 0 Å². The van der Waals surface area contributed by atoms with Gasteiger partial charge in [0.2, 0.25) is 0 Å². The van der Waals surface area contributed by atoms with E-state index < -0.39 is 17.2 Å². The molecule has 1 aromatic carbocycles. The number of aliphatic hydroxyl groups excluding tert-OH is 1. The summed E-state index contributed by atoms with van der Waals surface area (Å²) in [5.74, 6) is 0.377. The zero-order chi connectivity index (χ0) is 18.4. The highest BCUT2D eigenvalue weighted by molar-refractivity contribution is 6.27. The highest BCUT2D eigenvalue weighted by Crippen LogP contribution is 2.48. The van der Waals surface area contributed by atoms with E-state index in [9.17, 15) is 20.3 Å². The van der Waals surface area contributed by atoms with Gasteiger partial charge in [0.15, 0.2) is 5.78 Å². The molecule has 1 heterocycles. The fraction of sp³-hybridized carbons (Fsp3) is 0.421. The number of allylic oxidation sites excluding steroid dienone is 1. The van der Waals surface area contributed by atoms with Crippen LogP contribution in [0.1, 0.15) is 50.8 Å². The second-order valence-electron chi connectivity index (χ2n) is 7.07. The van der Waals surface area contributed by atoms with Crippen LogP contribution in [0.5, 0.6) is 5.75 Å². The van der Waals surface area contributed by atoms with E-state index in [1.54, 1.807) is 39.0 Å². The molecule has 0 spiro atoms. The van der Waals surface area contributed by atoms with Gasteiger partial charge in [0, 0.05) is 12.0 Å². The summed E-state index contributed by atoms with van der Waals surface area (Å²) in [5, 5.41) is 29.7. The Bertz CT molecular complexity index is 843. The average Bonchev–Trinajstić information content (AvgIpc) is 2.91. The van der Waals surface area contributed by atoms with Crippen molar-refractivity contribution in [2.24, 2.45) is 4.99 Å². The molecule has 2 aliphatic rings. The van der Waals surface area contributed by atoms with Crippen LogP contribution in [0.4, 0.5) is 0 Å². The van der Waals surface area contributed by atoms with Crippen molar-refractivity contribution in [1.82, 2.24) is 0 Å². The molecule has 0 amide bonds. The molecule has 1 aromatic rings. The fourth-order valence-corrected chi connectivity index (χ4v) is 3.23. The molecule has 3 rings (SSSR count). The van der Waals surface area contributed by atoms with Crippen molar-refractivity contribution in [3.8, 4) is 11.8 Å². The second kappa shape index (κ2) is 5.71. The molecule has 6 heteroatoms. The Labute approximate surface area is 146 Å². The van der Waals surface area contributed by atoms with E-state index in [0.29, 0.717) is 29.0 Å². The molecular formula is C19H20N2O4. The van der Waals surface area contributed by atoms with Crippen LogP contribution in [0.2, 0.25) is 0 Å². The number of fused-ring (bicyclic) bond motifs is 1. The normalized spacial score (nSPS) is 30.8. The molecule has 25 heavy (non-hydrogen) atoms. The number of nitrogens with zero attached hydrogens (tertiary/aromatic N) is 2. The molecule has 2 unspecified atom stereocenters. The Hall–Kier alpha value is -2.65. The van der Waals surface area contributed by atoms with Crippen LogP contribution in [-0.4, -0.2) is 32.9 Å². The largest absolute Gasteiger partial charge is 0.515 e. The number of carbonyl (C=O) groups is 1. The minimum Gasteiger partial charge on any atom is -0.515 e. The number of aliphatic hydroxyl groups is 2. The first-order valence-electron chi connectivity index (χ1n) is 8.11. The van der Waals surface area contributed by atoms with Gasteiger partial charge in [-0.2, -0.15) is 5.26 Å². The van der Waals surface area contributed by atoms with Gasteiger partial charge in [0.25, 0.3) is 0 Å². The highest BCUT2D eigenvalue weighted by atomic mass is 16.5. The number of hydrogen-bond acceptors (Lipinski definition) is 6. The van der Waals surface area contributed by atoms with Crippen molar-refractivity contribution in [1.29, 1.82) is 5.26 Å². The summed E-state index contributed by atoms with van der Waals surface area (Å²) in [5.41, 5.74) is -0.653. The van der Waals surface area contributed by atoms with Crippen LogP contribution in [0, 0.1) is 11.3 Å². The number of aliphatic imine (C=N–C) groups is 1. The number of hydrogen-bond donors (Lipinski definition) is 2. The molecule has 6 nitrogen and oxygen atoms in total. The Morgan fingerprint density at radius 3 is 2.72 bits per heavy atom. The topological polar surface area (TPSA) is 103 Å². The maximum atomic E-state index is 11.9. The predicted octanol–water partition coefficient (Wildman–Crippen LogP) is 2.77. The van der Waals surface area contributed by atoms with Crippen LogP contribution in [-0.2, 0) is 4.79 Å². The van der Waals surface area contributed by atoms with Gasteiger partial charge < -0.3 is 14.9 Å². The summed E-state index contributed by atoms with van der Waals surface area (Å²) >= 11 is 0. The van der Waals surface area contributed by atoms with Gasteiger partial charge in [-0.3, -0.25) is 9.79 Å². The smallest absolute Gasteiger partial charge is 0.168 e. The van der Waals surface area contributed by atoms with Gasteiger partial charge in [-0.05, 0) is 45.4 Å². The maximum Gasteiger partial charge on any atom is 0.168 e. The average molecular weight is 340 g/mol. The van der Waals surface area contributed by atoms with Crippen LogP contribution in [0.25, 0.3) is 0 Å². The van der Waals surface area contributed by atoms with E-state index in [-0.39, 0.29) is 17.8 Å². The third-order valence-corrected chi connectivity index (χ3v) is 5.16. The number of carbonyl (C=O) groups excluding carboxylic acids is 1.